The zero-order valence-electron chi connectivity index (χ0n) is 10.1. The molecule has 0 aromatic carbocycles. The van der Waals surface area contributed by atoms with Crippen LogP contribution in [0, 0.1) is 0 Å². The van der Waals surface area contributed by atoms with Crippen LogP contribution in [0.25, 0.3) is 0 Å². The van der Waals surface area contributed by atoms with E-state index in [0.717, 1.165) is 0 Å². The number of rotatable bonds is 4. The molecule has 1 rings (SSSR count). The molecule has 4 heteroatoms. The number of hydrogen-bond donors (Lipinski definition) is 1. The van der Waals surface area contributed by atoms with Gasteiger partial charge in [-0.3, -0.25) is 4.79 Å². The van der Waals surface area contributed by atoms with Crippen LogP contribution in [0.15, 0.2) is 0 Å². The highest BCUT2D eigenvalue weighted by Crippen LogP contribution is 2.28. The smallest absolute Gasteiger partial charge is 0.238 e. The van der Waals surface area contributed by atoms with Gasteiger partial charge < -0.3 is 10.2 Å². The quantitative estimate of drug-likeness (QED) is 0.791. The highest BCUT2D eigenvalue weighted by molar-refractivity contribution is 7.99. The maximum Gasteiger partial charge on any atom is 0.238 e. The minimum atomic E-state index is -0.0576. The van der Waals surface area contributed by atoms with Gasteiger partial charge in [0, 0.05) is 25.4 Å². The third-order valence-corrected chi connectivity index (χ3v) is 4.20. The molecular weight excluding hydrogens is 208 g/mol. The molecule has 3 unspecified atom stereocenters. The Balaban J connectivity index is 2.43. The summed E-state index contributed by atoms with van der Waals surface area (Å²) in [6.07, 6.45) is 5.92. The number of nitrogens with zero attached hydrogens (tertiary/aromatic N) is 1. The highest BCUT2D eigenvalue weighted by atomic mass is 32.2. The zero-order chi connectivity index (χ0) is 11.4. The van der Waals surface area contributed by atoms with Gasteiger partial charge in [-0.15, -0.1) is 0 Å². The van der Waals surface area contributed by atoms with Gasteiger partial charge in [-0.2, -0.15) is 11.8 Å². The molecule has 0 aromatic heterocycles. The van der Waals surface area contributed by atoms with Crippen LogP contribution < -0.4 is 5.32 Å². The lowest BCUT2D eigenvalue weighted by Crippen LogP contribution is -2.47. The second kappa shape index (κ2) is 5.75. The summed E-state index contributed by atoms with van der Waals surface area (Å²) in [5.74, 6) is 0.168. The molecule has 0 aliphatic heterocycles. The minimum absolute atomic E-state index is 0.0576. The fourth-order valence-electron chi connectivity index (χ4n) is 2.18. The second-order valence-corrected chi connectivity index (χ2v) is 5.51. The van der Waals surface area contributed by atoms with Gasteiger partial charge in [-0.25, -0.2) is 0 Å². The lowest BCUT2D eigenvalue weighted by atomic mass is 10.2. The van der Waals surface area contributed by atoms with Crippen molar-refractivity contribution >= 4 is 17.7 Å². The first-order valence-electron chi connectivity index (χ1n) is 5.56. The van der Waals surface area contributed by atoms with Crippen LogP contribution >= 0.6 is 11.8 Å². The summed E-state index contributed by atoms with van der Waals surface area (Å²) in [5.41, 5.74) is 0. The van der Waals surface area contributed by atoms with Crippen LogP contribution in [0.2, 0.25) is 0 Å². The lowest BCUT2D eigenvalue weighted by Gasteiger charge is -2.25. The number of carbonyl (C=O) groups excluding carboxylic acids is 1. The Kier molecular flexibility index (Phi) is 4.93. The Labute approximate surface area is 97.0 Å². The summed E-state index contributed by atoms with van der Waals surface area (Å²) in [4.78, 5) is 13.3. The molecule has 3 atom stereocenters. The van der Waals surface area contributed by atoms with E-state index in [4.69, 9.17) is 0 Å². The number of likely N-dealkylation sites (N-methyl/N-ethyl adjacent to an activating group) is 1. The number of carbonyl (C=O) groups is 1. The van der Waals surface area contributed by atoms with E-state index in [1.807, 2.05) is 18.7 Å². The highest BCUT2D eigenvalue weighted by Gasteiger charge is 2.29. The predicted octanol–water partition coefficient (Wildman–Crippen LogP) is 1.34. The van der Waals surface area contributed by atoms with Gasteiger partial charge in [0.05, 0.1) is 6.04 Å². The number of nitrogens with one attached hydrogen (secondary N) is 1. The summed E-state index contributed by atoms with van der Waals surface area (Å²) < 4.78 is 0. The molecule has 3 nitrogen and oxygen atoms in total. The molecule has 0 bridgehead atoms. The average Bonchev–Trinajstić information content (AvgIpc) is 2.63. The third kappa shape index (κ3) is 3.38. The first kappa shape index (κ1) is 12.8. The molecule has 0 aromatic rings. The van der Waals surface area contributed by atoms with Gasteiger partial charge >= 0.3 is 0 Å². The Morgan fingerprint density at radius 2 is 2.13 bits per heavy atom. The number of thioether (sulfide) groups is 1. The molecule has 1 aliphatic rings. The second-order valence-electron chi connectivity index (χ2n) is 4.43. The number of hydrogen-bond acceptors (Lipinski definition) is 3. The van der Waals surface area contributed by atoms with Crippen molar-refractivity contribution in [1.82, 2.24) is 10.2 Å². The summed E-state index contributed by atoms with van der Waals surface area (Å²) in [6, 6.07) is 0.455. The molecule has 0 saturated heterocycles. The molecule has 0 radical (unpaired) electrons. The summed E-state index contributed by atoms with van der Waals surface area (Å²) in [6.45, 7) is 1.96. The fourth-order valence-corrected chi connectivity index (χ4v) is 3.12. The van der Waals surface area contributed by atoms with Gasteiger partial charge in [-0.05, 0) is 26.0 Å². The topological polar surface area (TPSA) is 32.3 Å². The van der Waals surface area contributed by atoms with Gasteiger partial charge in [0.15, 0.2) is 0 Å². The predicted molar refractivity (Wildman–Crippen MR) is 66.2 cm³/mol. The van der Waals surface area contributed by atoms with E-state index in [1.54, 1.807) is 19.0 Å². The van der Waals surface area contributed by atoms with Crippen molar-refractivity contribution in [2.24, 2.45) is 0 Å². The summed E-state index contributed by atoms with van der Waals surface area (Å²) in [5, 5.41) is 4.13. The number of amides is 1. The molecule has 1 fully saturated rings. The SMILES string of the molecule is CSC1CCCC1NC(C)C(=O)N(C)C. The first-order valence-corrected chi connectivity index (χ1v) is 6.85. The molecular formula is C11H22N2OS. The Morgan fingerprint density at radius 1 is 1.47 bits per heavy atom. The van der Waals surface area contributed by atoms with Crippen LogP contribution in [-0.4, -0.2) is 48.5 Å². The Bertz CT molecular complexity index is 221. The summed E-state index contributed by atoms with van der Waals surface area (Å²) >= 11 is 1.92. The maximum absolute atomic E-state index is 11.7. The van der Waals surface area contributed by atoms with Crippen molar-refractivity contribution in [2.45, 2.75) is 43.5 Å². The third-order valence-electron chi connectivity index (χ3n) is 3.03. The molecule has 1 aliphatic carbocycles. The monoisotopic (exact) mass is 230 g/mol. The van der Waals surface area contributed by atoms with Crippen molar-refractivity contribution in [2.75, 3.05) is 20.4 Å². The van der Waals surface area contributed by atoms with E-state index in [2.05, 4.69) is 11.6 Å². The van der Waals surface area contributed by atoms with Gasteiger partial charge in [0.1, 0.15) is 0 Å². The fraction of sp³-hybridized carbons (Fsp3) is 0.909. The van der Waals surface area contributed by atoms with E-state index < -0.39 is 0 Å². The maximum atomic E-state index is 11.7. The van der Waals surface area contributed by atoms with Crippen LogP contribution in [0.5, 0.6) is 0 Å². The van der Waals surface area contributed by atoms with Crippen molar-refractivity contribution in [3.8, 4) is 0 Å². The molecule has 88 valence electrons. The van der Waals surface area contributed by atoms with E-state index >= 15 is 0 Å². The Hall–Kier alpha value is -0.220. The van der Waals surface area contributed by atoms with Crippen LogP contribution in [0.1, 0.15) is 26.2 Å². The van der Waals surface area contributed by atoms with Gasteiger partial charge in [-0.1, -0.05) is 6.42 Å². The van der Waals surface area contributed by atoms with Crippen molar-refractivity contribution in [3.05, 3.63) is 0 Å². The van der Waals surface area contributed by atoms with Crippen LogP contribution in [0.4, 0.5) is 0 Å². The minimum Gasteiger partial charge on any atom is -0.347 e. The molecule has 1 saturated carbocycles. The molecule has 1 N–H and O–H groups in total. The van der Waals surface area contributed by atoms with E-state index in [-0.39, 0.29) is 11.9 Å². The standard InChI is InChI=1S/C11H22N2OS/c1-8(11(14)13(2)3)12-9-6-5-7-10(9)15-4/h8-10,12H,5-7H2,1-4H3. The average molecular weight is 230 g/mol. The van der Waals surface area contributed by atoms with E-state index in [9.17, 15) is 4.79 Å². The van der Waals surface area contributed by atoms with Crippen molar-refractivity contribution < 1.29 is 4.79 Å². The van der Waals surface area contributed by atoms with E-state index in [1.165, 1.54) is 19.3 Å². The largest absolute Gasteiger partial charge is 0.347 e. The first-order chi connectivity index (χ1) is 7.06. The van der Waals surface area contributed by atoms with Gasteiger partial charge in [0.2, 0.25) is 5.91 Å². The molecule has 1 amide bonds. The Morgan fingerprint density at radius 3 is 2.67 bits per heavy atom. The van der Waals surface area contributed by atoms with Crippen LogP contribution in [-0.2, 0) is 4.79 Å². The van der Waals surface area contributed by atoms with Gasteiger partial charge in [0.25, 0.3) is 0 Å². The molecule has 15 heavy (non-hydrogen) atoms. The normalized spacial score (nSPS) is 27.7. The lowest BCUT2D eigenvalue weighted by molar-refractivity contribution is -0.130. The summed E-state index contributed by atoms with van der Waals surface area (Å²) in [7, 11) is 3.61. The van der Waals surface area contributed by atoms with Crippen molar-refractivity contribution in [3.63, 3.8) is 0 Å². The molecule has 0 heterocycles. The van der Waals surface area contributed by atoms with Crippen LogP contribution in [0.3, 0.4) is 0 Å². The van der Waals surface area contributed by atoms with Crippen molar-refractivity contribution in [1.29, 1.82) is 0 Å². The molecule has 0 spiro atoms. The van der Waals surface area contributed by atoms with E-state index in [0.29, 0.717) is 11.3 Å². The zero-order valence-corrected chi connectivity index (χ0v) is 10.9.